The van der Waals surface area contributed by atoms with Crippen molar-refractivity contribution in [2.45, 2.75) is 49.3 Å². The average Bonchev–Trinajstić information content (AvgIpc) is 2.83. The van der Waals surface area contributed by atoms with E-state index in [1.807, 2.05) is 0 Å². The first kappa shape index (κ1) is 12.3. The van der Waals surface area contributed by atoms with Gasteiger partial charge in [-0.05, 0) is 56.8 Å². The Balaban J connectivity index is 1.81. The largest absolute Gasteiger partial charge is 0.504 e. The zero-order chi connectivity index (χ0) is 14.4. The topological polar surface area (TPSA) is 58.7 Å². The summed E-state index contributed by atoms with van der Waals surface area (Å²) in [5, 5.41) is 10.3. The van der Waals surface area contributed by atoms with E-state index < -0.39 is 0 Å². The lowest BCUT2D eigenvalue weighted by Crippen LogP contribution is -2.67. The van der Waals surface area contributed by atoms with Crippen LogP contribution in [0.1, 0.15) is 30.4 Å². The fourth-order valence-electron chi connectivity index (χ4n) is 5.78. The molecular weight excluding hydrogens is 264 g/mol. The van der Waals surface area contributed by atoms with Gasteiger partial charge in [0.2, 0.25) is 0 Å². The molecule has 0 radical (unpaired) electrons. The maximum Gasteiger partial charge on any atom is 0.165 e. The van der Waals surface area contributed by atoms with Gasteiger partial charge in [0.05, 0.1) is 0 Å². The van der Waals surface area contributed by atoms with E-state index >= 15 is 0 Å². The standard InChI is InChI=1S/C17H22N2O2/c1-19-7-6-17-10-3-4-11(18)16(17)21-15-13(20)5-2-9(14(15)17)8-12(10)19/h2,5,10-12,16,20H,3-4,6-8,18H2,1H3. The lowest BCUT2D eigenvalue weighted by atomic mass is 9.51. The van der Waals surface area contributed by atoms with Crippen LogP contribution in [0.5, 0.6) is 11.5 Å². The molecule has 1 saturated carbocycles. The van der Waals surface area contributed by atoms with Crippen molar-refractivity contribution in [1.82, 2.24) is 4.90 Å². The van der Waals surface area contributed by atoms with Gasteiger partial charge in [0, 0.05) is 23.1 Å². The summed E-state index contributed by atoms with van der Waals surface area (Å²) in [7, 11) is 2.25. The summed E-state index contributed by atoms with van der Waals surface area (Å²) in [6.45, 7) is 1.10. The molecule has 5 rings (SSSR count). The van der Waals surface area contributed by atoms with Crippen LogP contribution in [-0.4, -0.2) is 41.8 Å². The van der Waals surface area contributed by atoms with Crippen LogP contribution >= 0.6 is 0 Å². The first-order chi connectivity index (χ1) is 10.1. The molecule has 21 heavy (non-hydrogen) atoms. The minimum absolute atomic E-state index is 0.0507. The number of phenolic OH excluding ortho intramolecular Hbond substituents is 1. The molecule has 4 aliphatic rings. The van der Waals surface area contributed by atoms with Crippen LogP contribution in [0, 0.1) is 5.92 Å². The molecule has 3 N–H and O–H groups in total. The molecule has 2 aliphatic carbocycles. The molecule has 5 atom stereocenters. The van der Waals surface area contributed by atoms with Gasteiger partial charge in [-0.25, -0.2) is 0 Å². The maximum atomic E-state index is 10.3. The summed E-state index contributed by atoms with van der Waals surface area (Å²) in [4.78, 5) is 2.53. The van der Waals surface area contributed by atoms with Crippen molar-refractivity contribution in [2.75, 3.05) is 13.6 Å². The molecule has 1 aromatic rings. The Kier molecular flexibility index (Phi) is 2.19. The van der Waals surface area contributed by atoms with E-state index in [4.69, 9.17) is 10.5 Å². The van der Waals surface area contributed by atoms with Gasteiger partial charge in [0.15, 0.2) is 11.5 Å². The smallest absolute Gasteiger partial charge is 0.165 e. The van der Waals surface area contributed by atoms with E-state index in [1.54, 1.807) is 6.07 Å². The van der Waals surface area contributed by atoms with Crippen LogP contribution in [0.2, 0.25) is 0 Å². The molecule has 1 saturated heterocycles. The van der Waals surface area contributed by atoms with Gasteiger partial charge >= 0.3 is 0 Å². The van der Waals surface area contributed by atoms with Crippen LogP contribution in [0.3, 0.4) is 0 Å². The molecule has 0 aromatic heterocycles. The number of nitrogens with two attached hydrogens (primary N) is 1. The SMILES string of the molecule is CN1CCC23c4c5ccc(O)c4OC2C(N)CCC3C1C5. The lowest BCUT2D eigenvalue weighted by molar-refractivity contribution is -0.0510. The Morgan fingerprint density at radius 2 is 2.24 bits per heavy atom. The third-order valence-corrected chi connectivity index (χ3v) is 6.64. The molecule has 4 heteroatoms. The molecule has 1 aromatic carbocycles. The summed E-state index contributed by atoms with van der Waals surface area (Å²) >= 11 is 0. The van der Waals surface area contributed by atoms with Gasteiger partial charge in [-0.15, -0.1) is 0 Å². The Labute approximate surface area is 124 Å². The monoisotopic (exact) mass is 286 g/mol. The Morgan fingerprint density at radius 3 is 3.10 bits per heavy atom. The van der Waals surface area contributed by atoms with Gasteiger partial charge in [-0.2, -0.15) is 0 Å². The third kappa shape index (κ3) is 1.25. The number of nitrogens with zero attached hydrogens (tertiary/aromatic N) is 1. The lowest BCUT2D eigenvalue weighted by Gasteiger charge is -2.58. The number of likely N-dealkylation sites (N-methyl/N-ethyl adjacent to an activating group) is 1. The maximum absolute atomic E-state index is 10.3. The van der Waals surface area contributed by atoms with Gasteiger partial charge in [0.25, 0.3) is 0 Å². The number of rotatable bonds is 0. The highest BCUT2D eigenvalue weighted by Gasteiger charge is 2.64. The van der Waals surface area contributed by atoms with Crippen LogP contribution in [-0.2, 0) is 11.8 Å². The van der Waals surface area contributed by atoms with Crippen molar-refractivity contribution >= 4 is 0 Å². The third-order valence-electron chi connectivity index (χ3n) is 6.64. The number of hydrogen-bond donors (Lipinski definition) is 2. The number of hydrogen-bond acceptors (Lipinski definition) is 4. The quantitative estimate of drug-likeness (QED) is 0.756. The minimum Gasteiger partial charge on any atom is -0.504 e. The highest BCUT2D eigenvalue weighted by Crippen LogP contribution is 2.63. The summed E-state index contributed by atoms with van der Waals surface area (Å²) < 4.78 is 6.26. The number of benzene rings is 1. The van der Waals surface area contributed by atoms with E-state index in [0.29, 0.717) is 17.7 Å². The second-order valence-electron chi connectivity index (χ2n) is 7.38. The second kappa shape index (κ2) is 3.73. The first-order valence-electron chi connectivity index (χ1n) is 8.10. The summed E-state index contributed by atoms with van der Waals surface area (Å²) in [6.07, 6.45) is 4.45. The molecular formula is C17H22N2O2. The van der Waals surface area contributed by atoms with Crippen LogP contribution < -0.4 is 10.5 Å². The number of piperidine rings is 1. The zero-order valence-corrected chi connectivity index (χ0v) is 12.4. The van der Waals surface area contributed by atoms with Crippen molar-refractivity contribution in [3.63, 3.8) is 0 Å². The van der Waals surface area contributed by atoms with Crippen molar-refractivity contribution in [2.24, 2.45) is 11.7 Å². The number of ether oxygens (including phenoxy) is 1. The molecule has 2 fully saturated rings. The number of likely N-dealkylation sites (tertiary alicyclic amines) is 1. The van der Waals surface area contributed by atoms with Crippen LogP contribution in [0.4, 0.5) is 0 Å². The molecule has 4 nitrogen and oxygen atoms in total. The highest BCUT2D eigenvalue weighted by atomic mass is 16.5. The number of phenols is 1. The van der Waals surface area contributed by atoms with E-state index in [9.17, 15) is 5.11 Å². The molecule has 2 heterocycles. The van der Waals surface area contributed by atoms with E-state index in [0.717, 1.165) is 31.6 Å². The summed E-state index contributed by atoms with van der Waals surface area (Å²) in [5.41, 5.74) is 9.15. The van der Waals surface area contributed by atoms with Gasteiger partial charge < -0.3 is 20.5 Å². The van der Waals surface area contributed by atoms with E-state index in [2.05, 4.69) is 18.0 Å². The normalized spacial score (nSPS) is 43.3. The van der Waals surface area contributed by atoms with Crippen LogP contribution in [0.25, 0.3) is 0 Å². The average molecular weight is 286 g/mol. The molecule has 2 bridgehead atoms. The second-order valence-corrected chi connectivity index (χ2v) is 7.38. The van der Waals surface area contributed by atoms with E-state index in [1.165, 1.54) is 17.5 Å². The van der Waals surface area contributed by atoms with Crippen molar-refractivity contribution in [3.8, 4) is 11.5 Å². The van der Waals surface area contributed by atoms with Gasteiger partial charge in [-0.3, -0.25) is 0 Å². The molecule has 5 unspecified atom stereocenters. The van der Waals surface area contributed by atoms with Gasteiger partial charge in [0.1, 0.15) is 6.10 Å². The predicted molar refractivity (Wildman–Crippen MR) is 79.6 cm³/mol. The Hall–Kier alpha value is -1.26. The van der Waals surface area contributed by atoms with Crippen molar-refractivity contribution < 1.29 is 9.84 Å². The molecule has 0 amide bonds. The zero-order valence-electron chi connectivity index (χ0n) is 12.4. The fourth-order valence-corrected chi connectivity index (χ4v) is 5.78. The minimum atomic E-state index is 0.0507. The molecule has 2 aliphatic heterocycles. The van der Waals surface area contributed by atoms with Crippen molar-refractivity contribution in [3.05, 3.63) is 23.3 Å². The Bertz CT molecular complexity index is 631. The highest BCUT2D eigenvalue weighted by molar-refractivity contribution is 5.60. The fraction of sp³-hybridized carbons (Fsp3) is 0.647. The predicted octanol–water partition coefficient (Wildman–Crippen LogP) is 1.39. The summed E-state index contributed by atoms with van der Waals surface area (Å²) in [5.74, 6) is 1.65. The number of aromatic hydroxyl groups is 1. The van der Waals surface area contributed by atoms with E-state index in [-0.39, 0.29) is 17.6 Å². The first-order valence-corrected chi connectivity index (χ1v) is 8.10. The van der Waals surface area contributed by atoms with Crippen molar-refractivity contribution in [1.29, 1.82) is 0 Å². The molecule has 112 valence electrons. The summed E-state index contributed by atoms with van der Waals surface area (Å²) in [6, 6.07) is 4.58. The van der Waals surface area contributed by atoms with Gasteiger partial charge in [-0.1, -0.05) is 6.07 Å². The van der Waals surface area contributed by atoms with Crippen LogP contribution in [0.15, 0.2) is 12.1 Å². The Morgan fingerprint density at radius 1 is 1.38 bits per heavy atom. The molecule has 1 spiro atoms.